The Labute approximate surface area is 172 Å². The van der Waals surface area contributed by atoms with E-state index < -0.39 is 15.0 Å². The first-order valence-corrected chi connectivity index (χ1v) is 11.3. The van der Waals surface area contributed by atoms with Gasteiger partial charge in [-0.2, -0.15) is 8.42 Å². The van der Waals surface area contributed by atoms with Crippen LogP contribution < -0.4 is 4.18 Å². The van der Waals surface area contributed by atoms with E-state index in [9.17, 15) is 23.3 Å². The van der Waals surface area contributed by atoms with Crippen molar-refractivity contribution in [3.05, 3.63) is 57.6 Å². The predicted octanol–water partition coefficient (Wildman–Crippen LogP) is 3.03. The number of aromatic nitrogens is 1. The van der Waals surface area contributed by atoms with Crippen LogP contribution in [0.5, 0.6) is 5.75 Å². The molecule has 2 aromatic carbocycles. The second-order valence-corrected chi connectivity index (χ2v) is 9.47. The molecule has 1 atom stereocenters. The van der Waals surface area contributed by atoms with E-state index in [4.69, 9.17) is 4.18 Å². The van der Waals surface area contributed by atoms with Gasteiger partial charge in [0.15, 0.2) is 0 Å². The molecule has 1 aromatic heterocycles. The van der Waals surface area contributed by atoms with Crippen LogP contribution in [0.15, 0.2) is 52.4 Å². The number of aldehydes is 1. The van der Waals surface area contributed by atoms with Crippen LogP contribution in [0.25, 0.3) is 10.2 Å². The predicted molar refractivity (Wildman–Crippen MR) is 109 cm³/mol. The molecule has 0 saturated carbocycles. The Morgan fingerprint density at radius 1 is 1.21 bits per heavy atom. The minimum absolute atomic E-state index is 0.0952. The van der Waals surface area contributed by atoms with Gasteiger partial charge in [-0.15, -0.1) is 23.1 Å². The fraction of sp³-hybridized carbons (Fsp3) is 0.118. The number of carbonyl (C=O) groups is 1. The van der Waals surface area contributed by atoms with Crippen LogP contribution in [0.3, 0.4) is 0 Å². The van der Waals surface area contributed by atoms with Crippen LogP contribution in [-0.2, 0) is 14.9 Å². The summed E-state index contributed by atoms with van der Waals surface area (Å²) in [7, 11) is -4.15. The van der Waals surface area contributed by atoms with Crippen LogP contribution in [0, 0.1) is 10.1 Å². The molecule has 12 heteroatoms. The molecule has 0 spiro atoms. The Morgan fingerprint density at radius 2 is 1.97 bits per heavy atom. The SMILES string of the molecule is O=C[C@H]1CSC(c2nc3ccc(OS(=O)(=O)c4ccc([N+](=O)[O-])cc4)cc3s2)=N1. The number of fused-ring (bicyclic) bond motifs is 1. The van der Waals surface area contributed by atoms with Gasteiger partial charge in [0.25, 0.3) is 5.69 Å². The molecular weight excluding hydrogens is 438 g/mol. The van der Waals surface area contributed by atoms with Gasteiger partial charge in [0, 0.05) is 24.0 Å². The van der Waals surface area contributed by atoms with E-state index in [0.717, 1.165) is 30.6 Å². The zero-order valence-corrected chi connectivity index (χ0v) is 16.9. The maximum atomic E-state index is 12.4. The Kier molecular flexibility index (Phi) is 5.06. The van der Waals surface area contributed by atoms with E-state index in [1.54, 1.807) is 12.1 Å². The van der Waals surface area contributed by atoms with Crippen molar-refractivity contribution in [2.24, 2.45) is 4.99 Å². The summed E-state index contributed by atoms with van der Waals surface area (Å²) in [4.78, 5) is 29.5. The fourth-order valence-corrected chi connectivity index (χ4v) is 5.50. The van der Waals surface area contributed by atoms with Gasteiger partial charge in [0.2, 0.25) is 0 Å². The molecule has 0 amide bonds. The molecule has 0 unspecified atom stereocenters. The zero-order valence-electron chi connectivity index (χ0n) is 14.4. The van der Waals surface area contributed by atoms with Gasteiger partial charge in [-0.25, -0.2) is 4.98 Å². The lowest BCUT2D eigenvalue weighted by molar-refractivity contribution is -0.384. The van der Waals surface area contributed by atoms with E-state index in [1.165, 1.54) is 29.2 Å². The molecule has 2 heterocycles. The van der Waals surface area contributed by atoms with Gasteiger partial charge < -0.3 is 8.98 Å². The second-order valence-electron chi connectivity index (χ2n) is 5.89. The molecule has 9 nitrogen and oxygen atoms in total. The maximum Gasteiger partial charge on any atom is 0.339 e. The standard InChI is InChI=1S/C17H11N3O6S3/c21-8-10-9-27-16(18-10)17-19-14-6-3-12(7-15(14)28-17)26-29(24,25)13-4-1-11(2-5-13)20(22)23/h1-8,10H,9H2/t10-/m0/s1. The van der Waals surface area contributed by atoms with Gasteiger partial charge in [-0.1, -0.05) is 0 Å². The Hall–Kier alpha value is -2.83. The first-order chi connectivity index (χ1) is 13.9. The number of rotatable bonds is 6. The molecular formula is C17H11N3O6S3. The summed E-state index contributed by atoms with van der Waals surface area (Å²) < 4.78 is 30.8. The van der Waals surface area contributed by atoms with Crippen LogP contribution in [-0.4, -0.2) is 41.4 Å². The fourth-order valence-electron chi connectivity index (χ4n) is 2.53. The zero-order chi connectivity index (χ0) is 20.6. The third kappa shape index (κ3) is 3.99. The Bertz CT molecular complexity index is 1250. The van der Waals surface area contributed by atoms with E-state index in [1.807, 2.05) is 0 Å². The summed E-state index contributed by atoms with van der Waals surface area (Å²) in [5.41, 5.74) is 0.440. The highest BCUT2D eigenvalue weighted by Gasteiger charge is 2.22. The van der Waals surface area contributed by atoms with Crippen molar-refractivity contribution in [1.82, 2.24) is 4.98 Å². The van der Waals surface area contributed by atoms with Crippen molar-refractivity contribution in [1.29, 1.82) is 0 Å². The number of hydrogen-bond acceptors (Lipinski definition) is 10. The number of hydrogen-bond donors (Lipinski definition) is 0. The lowest BCUT2D eigenvalue weighted by atomic mass is 10.3. The van der Waals surface area contributed by atoms with Gasteiger partial charge in [-0.3, -0.25) is 15.1 Å². The van der Waals surface area contributed by atoms with Crippen LogP contribution in [0.4, 0.5) is 5.69 Å². The second kappa shape index (κ2) is 7.54. The van der Waals surface area contributed by atoms with Crippen molar-refractivity contribution in [2.45, 2.75) is 10.9 Å². The van der Waals surface area contributed by atoms with Gasteiger partial charge in [-0.05, 0) is 24.3 Å². The highest BCUT2D eigenvalue weighted by Crippen LogP contribution is 2.32. The minimum atomic E-state index is -4.15. The number of benzene rings is 2. The molecule has 4 rings (SSSR count). The molecule has 0 aliphatic carbocycles. The molecule has 3 aromatic rings. The summed E-state index contributed by atoms with van der Waals surface area (Å²) >= 11 is 2.77. The maximum absolute atomic E-state index is 12.4. The third-order valence-electron chi connectivity index (χ3n) is 3.92. The lowest BCUT2D eigenvalue weighted by Gasteiger charge is -2.06. The molecule has 148 valence electrons. The molecule has 0 N–H and O–H groups in total. The van der Waals surface area contributed by atoms with Crippen molar-refractivity contribution < 1.29 is 22.3 Å². The van der Waals surface area contributed by atoms with Crippen LogP contribution >= 0.6 is 23.1 Å². The number of non-ortho nitro benzene ring substituents is 1. The number of aliphatic imine (C=N–C) groups is 1. The van der Waals surface area contributed by atoms with E-state index >= 15 is 0 Å². The van der Waals surface area contributed by atoms with E-state index in [0.29, 0.717) is 26.0 Å². The summed E-state index contributed by atoms with van der Waals surface area (Å²) in [6.45, 7) is 0. The summed E-state index contributed by atoms with van der Waals surface area (Å²) in [5, 5.41) is 12.0. The molecule has 0 fully saturated rings. The average Bonchev–Trinajstić information content (AvgIpc) is 3.34. The first kappa shape index (κ1) is 19.5. The van der Waals surface area contributed by atoms with Gasteiger partial charge in [0.05, 0.1) is 15.1 Å². The van der Waals surface area contributed by atoms with Crippen LogP contribution in [0.2, 0.25) is 0 Å². The number of carbonyl (C=O) groups excluding carboxylic acids is 1. The number of nitro benzene ring substituents is 1. The molecule has 0 radical (unpaired) electrons. The normalized spacial score (nSPS) is 16.6. The summed E-state index contributed by atoms with van der Waals surface area (Å²) in [5.74, 6) is 0.675. The van der Waals surface area contributed by atoms with E-state index in [2.05, 4.69) is 9.98 Å². The van der Waals surface area contributed by atoms with Gasteiger partial charge in [0.1, 0.15) is 33.0 Å². The number of nitro groups is 1. The minimum Gasteiger partial charge on any atom is -0.379 e. The van der Waals surface area contributed by atoms with Crippen molar-refractivity contribution >= 4 is 60.5 Å². The quantitative estimate of drug-likeness (QED) is 0.243. The van der Waals surface area contributed by atoms with Crippen molar-refractivity contribution in [3.8, 4) is 5.75 Å². The largest absolute Gasteiger partial charge is 0.379 e. The first-order valence-electron chi connectivity index (χ1n) is 8.11. The van der Waals surface area contributed by atoms with Crippen molar-refractivity contribution in [2.75, 3.05) is 5.75 Å². The molecule has 0 saturated heterocycles. The van der Waals surface area contributed by atoms with E-state index in [-0.39, 0.29) is 22.4 Å². The number of nitrogens with zero attached hydrogens (tertiary/aromatic N) is 3. The summed E-state index contributed by atoms with van der Waals surface area (Å²) in [6, 6.07) is 8.73. The number of thiazole rings is 1. The number of thioether (sulfide) groups is 1. The van der Waals surface area contributed by atoms with Gasteiger partial charge >= 0.3 is 10.1 Å². The smallest absolute Gasteiger partial charge is 0.339 e. The summed E-state index contributed by atoms with van der Waals surface area (Å²) in [6.07, 6.45) is 0.794. The molecule has 0 bridgehead atoms. The van der Waals surface area contributed by atoms with Crippen LogP contribution in [0.1, 0.15) is 5.01 Å². The topological polar surface area (TPSA) is 129 Å². The molecule has 29 heavy (non-hydrogen) atoms. The third-order valence-corrected chi connectivity index (χ3v) is 7.41. The monoisotopic (exact) mass is 449 g/mol. The molecule has 1 aliphatic heterocycles. The average molecular weight is 449 g/mol. The van der Waals surface area contributed by atoms with Crippen molar-refractivity contribution in [3.63, 3.8) is 0 Å². The highest BCUT2D eigenvalue weighted by atomic mass is 32.2. The highest BCUT2D eigenvalue weighted by molar-refractivity contribution is 8.15. The molecule has 1 aliphatic rings. The lowest BCUT2D eigenvalue weighted by Crippen LogP contribution is -2.09. The Balaban J connectivity index is 1.59. The Morgan fingerprint density at radius 3 is 2.62 bits per heavy atom.